The summed E-state index contributed by atoms with van der Waals surface area (Å²) in [5.41, 5.74) is 6.26. The third kappa shape index (κ3) is 2.08. The second kappa shape index (κ2) is 3.75. The van der Waals surface area contributed by atoms with Crippen molar-refractivity contribution in [1.82, 2.24) is 0 Å². The van der Waals surface area contributed by atoms with Crippen molar-refractivity contribution in [3.05, 3.63) is 28.3 Å². The van der Waals surface area contributed by atoms with Gasteiger partial charge in [-0.2, -0.15) is 0 Å². The average molecular weight is 181 g/mol. The number of anilines is 2. The monoisotopic (exact) mass is 181 g/mol. The summed E-state index contributed by atoms with van der Waals surface area (Å²) in [4.78, 5) is 9.99. The first-order valence-electron chi connectivity index (χ1n) is 3.93. The largest absolute Gasteiger partial charge is 0.393 e. The Hall–Kier alpha value is -1.78. The number of hydrogen-bond acceptors (Lipinski definition) is 4. The van der Waals surface area contributed by atoms with Crippen molar-refractivity contribution in [3.8, 4) is 0 Å². The van der Waals surface area contributed by atoms with Crippen molar-refractivity contribution in [3.63, 3.8) is 0 Å². The molecule has 0 aliphatic heterocycles. The highest BCUT2D eigenvalue weighted by atomic mass is 16.6. The Morgan fingerprint density at radius 2 is 2.31 bits per heavy atom. The van der Waals surface area contributed by atoms with Crippen LogP contribution in [-0.4, -0.2) is 11.5 Å². The Bertz CT molecular complexity index is 325. The minimum atomic E-state index is -0.490. The molecule has 1 aromatic carbocycles. The number of nitro benzene ring substituents is 1. The standard InChI is InChI=1S/C8H11N3O2/c1-2-10-6-3-4-7(9)8(5-6)11(12)13/h3-5,10H,2,9H2,1H3. The second-order valence-electron chi connectivity index (χ2n) is 2.56. The molecule has 0 radical (unpaired) electrons. The van der Waals surface area contributed by atoms with Crippen LogP contribution in [0.5, 0.6) is 0 Å². The van der Waals surface area contributed by atoms with E-state index < -0.39 is 4.92 Å². The van der Waals surface area contributed by atoms with E-state index in [0.29, 0.717) is 5.69 Å². The Labute approximate surface area is 75.7 Å². The van der Waals surface area contributed by atoms with Gasteiger partial charge in [-0.25, -0.2) is 0 Å². The van der Waals surface area contributed by atoms with E-state index in [1.807, 2.05) is 6.92 Å². The van der Waals surface area contributed by atoms with Gasteiger partial charge in [0.25, 0.3) is 5.69 Å². The van der Waals surface area contributed by atoms with Crippen LogP contribution in [0, 0.1) is 10.1 Å². The predicted molar refractivity (Wildman–Crippen MR) is 51.7 cm³/mol. The minimum absolute atomic E-state index is 0.0570. The van der Waals surface area contributed by atoms with Gasteiger partial charge in [0.05, 0.1) is 4.92 Å². The van der Waals surface area contributed by atoms with Crippen molar-refractivity contribution in [2.24, 2.45) is 0 Å². The molecule has 0 amide bonds. The topological polar surface area (TPSA) is 81.2 Å². The van der Waals surface area contributed by atoms with E-state index in [4.69, 9.17) is 5.73 Å². The summed E-state index contributed by atoms with van der Waals surface area (Å²) in [6.07, 6.45) is 0. The molecule has 0 saturated carbocycles. The molecule has 1 aromatic rings. The van der Waals surface area contributed by atoms with E-state index in [0.717, 1.165) is 6.54 Å². The zero-order valence-corrected chi connectivity index (χ0v) is 7.28. The fraction of sp³-hybridized carbons (Fsp3) is 0.250. The number of rotatable bonds is 3. The van der Waals surface area contributed by atoms with Crippen LogP contribution in [0.1, 0.15) is 6.92 Å². The Morgan fingerprint density at radius 1 is 1.62 bits per heavy atom. The summed E-state index contributed by atoms with van der Waals surface area (Å²) in [7, 11) is 0. The van der Waals surface area contributed by atoms with Gasteiger partial charge in [-0.05, 0) is 19.1 Å². The van der Waals surface area contributed by atoms with Crippen molar-refractivity contribution in [2.45, 2.75) is 6.92 Å². The fourth-order valence-electron chi connectivity index (χ4n) is 1.02. The first-order valence-corrected chi connectivity index (χ1v) is 3.93. The van der Waals surface area contributed by atoms with Gasteiger partial charge in [0.2, 0.25) is 0 Å². The summed E-state index contributed by atoms with van der Waals surface area (Å²) in [6, 6.07) is 4.67. The molecule has 13 heavy (non-hydrogen) atoms. The zero-order chi connectivity index (χ0) is 9.84. The predicted octanol–water partition coefficient (Wildman–Crippen LogP) is 1.61. The molecule has 0 aromatic heterocycles. The molecule has 0 unspecified atom stereocenters. The van der Waals surface area contributed by atoms with E-state index in [1.54, 1.807) is 6.07 Å². The number of nitrogens with two attached hydrogens (primary N) is 1. The second-order valence-corrected chi connectivity index (χ2v) is 2.56. The van der Waals surface area contributed by atoms with Crippen molar-refractivity contribution in [2.75, 3.05) is 17.6 Å². The van der Waals surface area contributed by atoms with Gasteiger partial charge in [-0.1, -0.05) is 0 Å². The number of hydrogen-bond donors (Lipinski definition) is 2. The molecule has 5 nitrogen and oxygen atoms in total. The van der Waals surface area contributed by atoms with Crippen LogP contribution in [0.2, 0.25) is 0 Å². The lowest BCUT2D eigenvalue weighted by atomic mass is 10.2. The van der Waals surface area contributed by atoms with Crippen LogP contribution < -0.4 is 11.1 Å². The van der Waals surface area contributed by atoms with Crippen LogP contribution in [-0.2, 0) is 0 Å². The van der Waals surface area contributed by atoms with Gasteiger partial charge in [-0.15, -0.1) is 0 Å². The van der Waals surface area contributed by atoms with Gasteiger partial charge in [0.1, 0.15) is 5.69 Å². The van der Waals surface area contributed by atoms with Gasteiger partial charge in [0.15, 0.2) is 0 Å². The molecule has 0 aliphatic rings. The summed E-state index contributed by atoms with van der Waals surface area (Å²) >= 11 is 0. The molecule has 0 bridgehead atoms. The third-order valence-corrected chi connectivity index (χ3v) is 1.61. The molecule has 1 rings (SSSR count). The minimum Gasteiger partial charge on any atom is -0.393 e. The number of nitro groups is 1. The van der Waals surface area contributed by atoms with Crippen LogP contribution in [0.4, 0.5) is 17.1 Å². The lowest BCUT2D eigenvalue weighted by molar-refractivity contribution is -0.383. The first kappa shape index (κ1) is 9.31. The molecule has 0 spiro atoms. The van der Waals surface area contributed by atoms with Gasteiger partial charge in [-0.3, -0.25) is 10.1 Å². The van der Waals surface area contributed by atoms with Gasteiger partial charge < -0.3 is 11.1 Å². The molecule has 5 heteroatoms. The van der Waals surface area contributed by atoms with Crippen LogP contribution >= 0.6 is 0 Å². The summed E-state index contributed by atoms with van der Waals surface area (Å²) in [6.45, 7) is 2.64. The molecule has 0 saturated heterocycles. The molecule has 0 atom stereocenters. The molecule has 3 N–H and O–H groups in total. The molecule has 70 valence electrons. The number of nitrogen functional groups attached to an aromatic ring is 1. The number of benzene rings is 1. The quantitative estimate of drug-likeness (QED) is 0.421. The summed E-state index contributed by atoms with van der Waals surface area (Å²) in [5.74, 6) is 0. The maximum Gasteiger partial charge on any atom is 0.294 e. The average Bonchev–Trinajstić information content (AvgIpc) is 2.08. The highest BCUT2D eigenvalue weighted by molar-refractivity contribution is 5.65. The van der Waals surface area contributed by atoms with Gasteiger partial charge in [0, 0.05) is 18.3 Å². The Kier molecular flexibility index (Phi) is 2.69. The van der Waals surface area contributed by atoms with Crippen LogP contribution in [0.3, 0.4) is 0 Å². The first-order chi connectivity index (χ1) is 6.15. The molecular formula is C8H11N3O2. The highest BCUT2D eigenvalue weighted by Gasteiger charge is 2.10. The van der Waals surface area contributed by atoms with Crippen LogP contribution in [0.25, 0.3) is 0 Å². The maximum absolute atomic E-state index is 10.5. The lowest BCUT2D eigenvalue weighted by Gasteiger charge is -2.03. The molecule has 0 aliphatic carbocycles. The third-order valence-electron chi connectivity index (χ3n) is 1.61. The lowest BCUT2D eigenvalue weighted by Crippen LogP contribution is -2.00. The van der Waals surface area contributed by atoms with E-state index in [2.05, 4.69) is 5.32 Å². The normalized spacial score (nSPS) is 9.62. The van der Waals surface area contributed by atoms with Crippen molar-refractivity contribution in [1.29, 1.82) is 0 Å². The zero-order valence-electron chi connectivity index (χ0n) is 7.28. The van der Waals surface area contributed by atoms with Crippen molar-refractivity contribution < 1.29 is 4.92 Å². The van der Waals surface area contributed by atoms with E-state index in [9.17, 15) is 10.1 Å². The number of nitrogens with one attached hydrogen (secondary N) is 1. The van der Waals surface area contributed by atoms with E-state index in [-0.39, 0.29) is 11.4 Å². The molecule has 0 heterocycles. The Morgan fingerprint density at radius 3 is 2.85 bits per heavy atom. The van der Waals surface area contributed by atoms with E-state index >= 15 is 0 Å². The summed E-state index contributed by atoms with van der Waals surface area (Å²) < 4.78 is 0. The van der Waals surface area contributed by atoms with Crippen LogP contribution in [0.15, 0.2) is 18.2 Å². The van der Waals surface area contributed by atoms with E-state index in [1.165, 1.54) is 12.1 Å². The fourth-order valence-corrected chi connectivity index (χ4v) is 1.02. The Balaban J connectivity index is 3.04. The maximum atomic E-state index is 10.5. The summed E-state index contributed by atoms with van der Waals surface area (Å²) in [5, 5.41) is 13.4. The number of nitrogens with zero attached hydrogens (tertiary/aromatic N) is 1. The molecular weight excluding hydrogens is 170 g/mol. The molecule has 0 fully saturated rings. The van der Waals surface area contributed by atoms with Gasteiger partial charge >= 0.3 is 0 Å². The highest BCUT2D eigenvalue weighted by Crippen LogP contribution is 2.24. The SMILES string of the molecule is CCNc1ccc(N)c([N+](=O)[O-])c1. The smallest absolute Gasteiger partial charge is 0.294 e. The van der Waals surface area contributed by atoms with Crippen molar-refractivity contribution >= 4 is 17.1 Å².